The predicted molar refractivity (Wildman–Crippen MR) is 124 cm³/mol. The minimum atomic E-state index is -0.706. The molecule has 6 rings (SSSR count). The summed E-state index contributed by atoms with van der Waals surface area (Å²) in [5.41, 5.74) is 3.18. The first-order valence-corrected chi connectivity index (χ1v) is 11.5. The van der Waals surface area contributed by atoms with Crippen LogP contribution in [0.15, 0.2) is 65.2 Å². The summed E-state index contributed by atoms with van der Waals surface area (Å²) in [5.74, 6) is 0.810. The number of Topliss-reactive ketones (excluding diaryl/α,β-unsaturated/α-hetero) is 1. The third-order valence-electron chi connectivity index (χ3n) is 6.28. The zero-order valence-corrected chi connectivity index (χ0v) is 18.2. The van der Waals surface area contributed by atoms with Crippen LogP contribution in [-0.4, -0.2) is 17.5 Å². The molecule has 9 heteroatoms. The Hall–Kier alpha value is -3.85. The minimum absolute atomic E-state index is 0.00773. The van der Waals surface area contributed by atoms with Crippen molar-refractivity contribution in [1.29, 1.82) is 0 Å². The van der Waals surface area contributed by atoms with Gasteiger partial charge >= 0.3 is 0 Å². The van der Waals surface area contributed by atoms with Gasteiger partial charge in [0.1, 0.15) is 0 Å². The van der Waals surface area contributed by atoms with Crippen molar-refractivity contribution in [3.8, 4) is 11.5 Å². The van der Waals surface area contributed by atoms with Crippen LogP contribution < -0.4 is 20.1 Å². The van der Waals surface area contributed by atoms with Gasteiger partial charge in [-0.1, -0.05) is 18.2 Å². The quantitative estimate of drug-likeness (QED) is 0.400. The second-order valence-corrected chi connectivity index (χ2v) is 9.18. The Bertz CT molecular complexity index is 1320. The van der Waals surface area contributed by atoms with Gasteiger partial charge in [-0.15, -0.1) is 11.3 Å². The summed E-state index contributed by atoms with van der Waals surface area (Å²) in [6.45, 7) is 0.00773. The number of benzene rings is 2. The van der Waals surface area contributed by atoms with Gasteiger partial charge < -0.3 is 20.1 Å². The van der Waals surface area contributed by atoms with E-state index in [0.29, 0.717) is 35.5 Å². The fourth-order valence-corrected chi connectivity index (χ4v) is 5.62. The molecular weight excluding hydrogens is 442 g/mol. The van der Waals surface area contributed by atoms with Gasteiger partial charge in [0.2, 0.25) is 6.79 Å². The van der Waals surface area contributed by atoms with Crippen molar-refractivity contribution >= 4 is 34.2 Å². The van der Waals surface area contributed by atoms with Crippen molar-refractivity contribution in [1.82, 2.24) is 0 Å². The molecule has 2 aliphatic heterocycles. The number of nitro groups is 1. The van der Waals surface area contributed by atoms with Gasteiger partial charge in [0.15, 0.2) is 17.3 Å². The fourth-order valence-electron chi connectivity index (χ4n) is 4.79. The number of allylic oxidation sites excluding steroid dienone is 1. The summed E-state index contributed by atoms with van der Waals surface area (Å²) in [4.78, 5) is 26.3. The highest BCUT2D eigenvalue weighted by atomic mass is 32.1. The Labute approximate surface area is 193 Å². The van der Waals surface area contributed by atoms with Gasteiger partial charge in [-0.3, -0.25) is 14.9 Å². The highest BCUT2D eigenvalue weighted by Gasteiger charge is 2.39. The van der Waals surface area contributed by atoms with E-state index in [4.69, 9.17) is 9.47 Å². The maximum Gasteiger partial charge on any atom is 0.279 e. The number of anilines is 2. The molecule has 0 bridgehead atoms. The van der Waals surface area contributed by atoms with E-state index >= 15 is 0 Å². The molecule has 0 unspecified atom stereocenters. The van der Waals surface area contributed by atoms with Crippen molar-refractivity contribution in [2.45, 2.75) is 24.8 Å². The van der Waals surface area contributed by atoms with Crippen molar-refractivity contribution in [3.05, 3.63) is 85.7 Å². The molecular formula is C24H19N3O5S. The molecule has 0 radical (unpaired) electrons. The zero-order chi connectivity index (χ0) is 22.5. The van der Waals surface area contributed by atoms with Crippen LogP contribution in [0.3, 0.4) is 0 Å². The van der Waals surface area contributed by atoms with Crippen molar-refractivity contribution in [2.75, 3.05) is 17.4 Å². The van der Waals surface area contributed by atoms with Crippen LogP contribution in [-0.2, 0) is 4.79 Å². The van der Waals surface area contributed by atoms with Crippen LogP contribution in [0.25, 0.3) is 0 Å². The van der Waals surface area contributed by atoms with Gasteiger partial charge in [-0.05, 0) is 36.1 Å². The Morgan fingerprint density at radius 2 is 1.82 bits per heavy atom. The van der Waals surface area contributed by atoms with E-state index < -0.39 is 11.0 Å². The molecule has 0 saturated heterocycles. The fraction of sp³-hybridized carbons (Fsp3) is 0.208. The van der Waals surface area contributed by atoms with E-state index in [1.54, 1.807) is 17.4 Å². The maximum atomic E-state index is 13.6. The maximum absolute atomic E-state index is 13.6. The van der Waals surface area contributed by atoms with Crippen LogP contribution in [0.4, 0.5) is 17.1 Å². The largest absolute Gasteiger partial charge is 0.454 e. The topological polar surface area (TPSA) is 103 Å². The summed E-state index contributed by atoms with van der Waals surface area (Å²) >= 11 is 1.64. The number of hydrogen-bond donors (Lipinski definition) is 2. The average Bonchev–Trinajstić information content (AvgIpc) is 3.47. The molecule has 0 saturated carbocycles. The van der Waals surface area contributed by atoms with Crippen molar-refractivity contribution < 1.29 is 19.2 Å². The van der Waals surface area contributed by atoms with Crippen molar-refractivity contribution in [2.24, 2.45) is 0 Å². The number of para-hydroxylation sites is 2. The zero-order valence-electron chi connectivity index (χ0n) is 17.4. The molecule has 166 valence electrons. The number of fused-ring (bicyclic) bond motifs is 2. The van der Waals surface area contributed by atoms with E-state index in [-0.39, 0.29) is 24.2 Å². The van der Waals surface area contributed by atoms with Gasteiger partial charge in [-0.25, -0.2) is 0 Å². The lowest BCUT2D eigenvalue weighted by molar-refractivity contribution is -0.385. The van der Waals surface area contributed by atoms with E-state index in [2.05, 4.69) is 16.7 Å². The molecule has 0 fully saturated rings. The molecule has 2 atom stereocenters. The lowest BCUT2D eigenvalue weighted by Crippen LogP contribution is -2.27. The number of carbonyl (C=O) groups is 1. The average molecular weight is 461 g/mol. The summed E-state index contributed by atoms with van der Waals surface area (Å²) in [5, 5.41) is 20.9. The summed E-state index contributed by atoms with van der Waals surface area (Å²) in [7, 11) is 0. The predicted octanol–water partition coefficient (Wildman–Crippen LogP) is 5.36. The Morgan fingerprint density at radius 1 is 1.03 bits per heavy atom. The minimum Gasteiger partial charge on any atom is -0.454 e. The molecule has 33 heavy (non-hydrogen) atoms. The Morgan fingerprint density at radius 3 is 2.58 bits per heavy atom. The third-order valence-corrected chi connectivity index (χ3v) is 7.32. The number of nitrogens with zero attached hydrogens (tertiary/aromatic N) is 1. The number of nitrogens with one attached hydrogen (secondary N) is 2. The third kappa shape index (κ3) is 3.32. The molecule has 1 aliphatic carbocycles. The molecule has 3 aliphatic rings. The highest BCUT2D eigenvalue weighted by Crippen LogP contribution is 2.48. The van der Waals surface area contributed by atoms with Gasteiger partial charge in [0.05, 0.1) is 34.0 Å². The number of ether oxygens (including phenoxy) is 2. The Kier molecular flexibility index (Phi) is 4.58. The summed E-state index contributed by atoms with van der Waals surface area (Å²) in [6.07, 6.45) is 1.00. The standard InChI is InChI=1S/C24H19N3O5S/c28-19-9-13(22-6-3-7-33-22)8-17-23(19)24(26-16-5-2-1-4-15(16)25-17)14-10-20-21(32-12-31-20)11-18(14)27(29)30/h1-7,10-11,13,24-26H,8-9,12H2/t13-,24-/m0/s1. The van der Waals surface area contributed by atoms with Crippen LogP contribution in [0, 0.1) is 10.1 Å². The Balaban J connectivity index is 1.53. The molecule has 0 amide bonds. The number of rotatable bonds is 3. The molecule has 3 heterocycles. The van der Waals surface area contributed by atoms with Gasteiger partial charge in [-0.2, -0.15) is 0 Å². The smallest absolute Gasteiger partial charge is 0.279 e. The molecule has 1 aromatic heterocycles. The van der Waals surface area contributed by atoms with E-state index in [1.807, 2.05) is 35.7 Å². The highest BCUT2D eigenvalue weighted by molar-refractivity contribution is 7.10. The number of hydrogen-bond acceptors (Lipinski definition) is 8. The molecule has 2 aromatic carbocycles. The second-order valence-electron chi connectivity index (χ2n) is 8.21. The van der Waals surface area contributed by atoms with Crippen LogP contribution in [0.5, 0.6) is 11.5 Å². The molecule has 0 spiro atoms. The first-order valence-electron chi connectivity index (χ1n) is 10.6. The number of ketones is 1. The lowest BCUT2D eigenvalue weighted by atomic mass is 9.80. The van der Waals surface area contributed by atoms with E-state index in [0.717, 1.165) is 21.9 Å². The van der Waals surface area contributed by atoms with E-state index in [9.17, 15) is 14.9 Å². The molecule has 3 aromatic rings. The number of nitro benzene ring substituents is 1. The number of carbonyl (C=O) groups excluding carboxylic acids is 1. The SMILES string of the molecule is O=C1C[C@@H](c2cccs2)CC2=C1[C@H](c1cc3c(cc1[N+](=O)[O-])OCO3)Nc1ccccc1N2. The van der Waals surface area contributed by atoms with Gasteiger partial charge in [0, 0.05) is 28.5 Å². The van der Waals surface area contributed by atoms with Crippen LogP contribution in [0.2, 0.25) is 0 Å². The summed E-state index contributed by atoms with van der Waals surface area (Å²) in [6, 6.07) is 14.0. The van der Waals surface area contributed by atoms with E-state index in [1.165, 1.54) is 6.07 Å². The van der Waals surface area contributed by atoms with Crippen LogP contribution in [0.1, 0.15) is 35.2 Å². The van der Waals surface area contributed by atoms with Crippen molar-refractivity contribution in [3.63, 3.8) is 0 Å². The van der Waals surface area contributed by atoms with Crippen LogP contribution >= 0.6 is 11.3 Å². The first kappa shape index (κ1) is 19.8. The first-order chi connectivity index (χ1) is 16.1. The molecule has 8 nitrogen and oxygen atoms in total. The summed E-state index contributed by atoms with van der Waals surface area (Å²) < 4.78 is 10.9. The normalized spacial score (nSPS) is 20.9. The second kappa shape index (κ2) is 7.63. The number of thiophene rings is 1. The molecule has 2 N–H and O–H groups in total. The van der Waals surface area contributed by atoms with Gasteiger partial charge in [0.25, 0.3) is 5.69 Å². The monoisotopic (exact) mass is 461 g/mol. The lowest BCUT2D eigenvalue weighted by Gasteiger charge is -2.29.